The van der Waals surface area contributed by atoms with E-state index in [4.69, 9.17) is 14.1 Å². The highest BCUT2D eigenvalue weighted by Gasteiger charge is 2.38. The van der Waals surface area contributed by atoms with Crippen molar-refractivity contribution < 1.29 is 27.3 Å². The van der Waals surface area contributed by atoms with E-state index in [-0.39, 0.29) is 0 Å². The maximum atomic E-state index is 10.6. The monoisotopic (exact) mass is 162 g/mol. The summed E-state index contributed by atoms with van der Waals surface area (Å²) >= 11 is 2.83. The minimum Gasteiger partial charge on any atom is -0.475 e. The molecule has 7 heteroatoms. The summed E-state index contributed by atoms with van der Waals surface area (Å²) in [6, 6.07) is 0. The topological polar surface area (TPSA) is 54.4 Å². The smallest absolute Gasteiger partial charge is 0.475 e. The number of hydrogen-bond acceptors (Lipinski definition) is 3. The van der Waals surface area contributed by atoms with Crippen molar-refractivity contribution in [3.05, 3.63) is 0 Å². The van der Waals surface area contributed by atoms with Gasteiger partial charge in [-0.05, 0) is 0 Å². The van der Waals surface area contributed by atoms with Crippen molar-refractivity contribution in [2.24, 2.45) is 0 Å². The van der Waals surface area contributed by atoms with Crippen molar-refractivity contribution in [1.29, 1.82) is 0 Å². The zero-order chi connectivity index (χ0) is 8.08. The summed E-state index contributed by atoms with van der Waals surface area (Å²) in [4.78, 5) is 8.90. The Morgan fingerprint density at radius 2 is 1.44 bits per heavy atom. The number of aliphatic carboxylic acids is 1. The van der Waals surface area contributed by atoms with Crippen LogP contribution in [-0.4, -0.2) is 21.5 Å². The molecule has 0 aliphatic heterocycles. The third kappa shape index (κ3) is 7.28. The largest absolute Gasteiger partial charge is 0.490 e. The van der Waals surface area contributed by atoms with Crippen LogP contribution in [0.15, 0.2) is 0 Å². The van der Waals surface area contributed by atoms with Gasteiger partial charge in [0.15, 0.2) is 12.5 Å². The van der Waals surface area contributed by atoms with Crippen LogP contribution in [0, 0.1) is 0 Å². The van der Waals surface area contributed by atoms with E-state index >= 15 is 0 Å². The number of carboxylic acids is 1. The van der Waals surface area contributed by atoms with Crippen LogP contribution < -0.4 is 0 Å². The van der Waals surface area contributed by atoms with Gasteiger partial charge in [0.1, 0.15) is 0 Å². The Kier molecular flexibility index (Phi) is 5.18. The quantitative estimate of drug-likeness (QED) is 0.556. The molecule has 0 aromatic carbocycles. The Morgan fingerprint density at radius 1 is 1.33 bits per heavy atom. The minimum atomic E-state index is -5.08. The van der Waals surface area contributed by atoms with E-state index < -0.39 is 12.1 Å². The lowest BCUT2D eigenvalue weighted by molar-refractivity contribution is -0.192. The maximum Gasteiger partial charge on any atom is 0.490 e. The molecule has 0 amide bonds. The van der Waals surface area contributed by atoms with E-state index in [1.165, 1.54) is 0 Å². The summed E-state index contributed by atoms with van der Waals surface area (Å²) in [5.74, 6) is -2.76. The molecular formula is C2HF3O3S. The van der Waals surface area contributed by atoms with Gasteiger partial charge in [-0.3, -0.25) is 0 Å². The molecule has 0 aliphatic rings. The van der Waals surface area contributed by atoms with Gasteiger partial charge in [0.25, 0.3) is 0 Å². The summed E-state index contributed by atoms with van der Waals surface area (Å²) in [5, 5.41) is 7.12. The Balaban J connectivity index is 0. The predicted molar refractivity (Wildman–Crippen MR) is 21.8 cm³/mol. The first-order valence-corrected chi connectivity index (χ1v) is 1.74. The lowest BCUT2D eigenvalue weighted by Crippen LogP contribution is -2.21. The van der Waals surface area contributed by atoms with Crippen LogP contribution in [0.3, 0.4) is 0 Å². The molecule has 0 atom stereocenters. The summed E-state index contributed by atoms with van der Waals surface area (Å²) in [5.41, 5.74) is 0. The fourth-order valence-corrected chi connectivity index (χ4v) is 0. The molecular weight excluding hydrogens is 161 g/mol. The molecule has 0 saturated heterocycles. The molecule has 0 aromatic rings. The standard InChI is InChI=1S/C2HF3O2.OS/c3-2(4,5)1(6)7;1-2/h(H,6,7);. The van der Waals surface area contributed by atoms with Crippen molar-refractivity contribution in [3.63, 3.8) is 0 Å². The summed E-state index contributed by atoms with van der Waals surface area (Å²) in [6.07, 6.45) is -5.08. The number of carboxylic acid groups (broad SMARTS) is 1. The molecule has 1 N–H and O–H groups in total. The van der Waals surface area contributed by atoms with E-state index in [9.17, 15) is 13.2 Å². The van der Waals surface area contributed by atoms with Crippen molar-refractivity contribution in [1.82, 2.24) is 0 Å². The summed E-state index contributed by atoms with van der Waals surface area (Å²) < 4.78 is 39.6. The first-order chi connectivity index (χ1) is 3.94. The fourth-order valence-electron chi connectivity index (χ4n) is 0. The fraction of sp³-hybridized carbons (Fsp3) is 0.500. The maximum absolute atomic E-state index is 10.6. The normalized spacial score (nSPS) is 9.22. The second-order valence-corrected chi connectivity index (χ2v) is 0.803. The van der Waals surface area contributed by atoms with Crippen molar-refractivity contribution >= 4 is 18.5 Å². The number of carbonyl (C=O) groups is 1. The Bertz CT molecular complexity index is 99.7. The van der Waals surface area contributed by atoms with Gasteiger partial charge >= 0.3 is 12.1 Å². The summed E-state index contributed by atoms with van der Waals surface area (Å²) in [6.45, 7) is 0. The number of rotatable bonds is 0. The van der Waals surface area contributed by atoms with Gasteiger partial charge in [-0.1, -0.05) is 0 Å². The third-order valence-electron chi connectivity index (χ3n) is 0.243. The molecule has 0 unspecified atom stereocenters. The van der Waals surface area contributed by atoms with E-state index in [1.54, 1.807) is 0 Å². The first-order valence-electron chi connectivity index (χ1n) is 1.41. The Labute approximate surface area is 53.0 Å². The van der Waals surface area contributed by atoms with Crippen molar-refractivity contribution in [3.8, 4) is 0 Å². The molecule has 9 heavy (non-hydrogen) atoms. The zero-order valence-corrected chi connectivity index (χ0v) is 4.62. The number of alkyl halides is 3. The van der Waals surface area contributed by atoms with Gasteiger partial charge in [-0.15, -0.1) is 0 Å². The third-order valence-corrected chi connectivity index (χ3v) is 0.243. The van der Waals surface area contributed by atoms with E-state index in [0.29, 0.717) is 0 Å². The van der Waals surface area contributed by atoms with E-state index in [2.05, 4.69) is 12.5 Å². The average molecular weight is 162 g/mol. The van der Waals surface area contributed by atoms with Gasteiger partial charge in [0, 0.05) is 0 Å². The molecule has 0 heterocycles. The second-order valence-electron chi connectivity index (χ2n) is 0.803. The first kappa shape index (κ1) is 11.1. The lowest BCUT2D eigenvalue weighted by atomic mass is 10.7. The van der Waals surface area contributed by atoms with Crippen LogP contribution in [0.4, 0.5) is 13.2 Å². The summed E-state index contributed by atoms with van der Waals surface area (Å²) in [7, 11) is 0. The SMILES string of the molecule is O=C(O)C(F)(F)F.O=S. The predicted octanol–water partition coefficient (Wildman–Crippen LogP) is 0.297. The molecule has 0 aliphatic carbocycles. The van der Waals surface area contributed by atoms with Gasteiger partial charge in [0.05, 0.1) is 0 Å². The Hall–Kier alpha value is -0.720. The lowest BCUT2D eigenvalue weighted by Gasteiger charge is -1.93. The second kappa shape index (κ2) is 4.19. The molecule has 0 spiro atoms. The molecule has 0 fully saturated rings. The van der Waals surface area contributed by atoms with Gasteiger partial charge < -0.3 is 5.11 Å². The molecule has 3 nitrogen and oxygen atoms in total. The molecule has 54 valence electrons. The van der Waals surface area contributed by atoms with Gasteiger partial charge in [-0.2, -0.15) is 17.4 Å². The van der Waals surface area contributed by atoms with Crippen LogP contribution in [0.5, 0.6) is 0 Å². The Morgan fingerprint density at radius 3 is 1.44 bits per heavy atom. The highest BCUT2D eigenvalue weighted by molar-refractivity contribution is 7.44. The van der Waals surface area contributed by atoms with Crippen LogP contribution >= 0.6 is 0 Å². The molecule has 0 radical (unpaired) electrons. The van der Waals surface area contributed by atoms with Crippen molar-refractivity contribution in [2.45, 2.75) is 6.18 Å². The minimum absolute atomic E-state index is 2.76. The highest BCUT2D eigenvalue weighted by atomic mass is 32.1. The van der Waals surface area contributed by atoms with E-state index in [1.807, 2.05) is 0 Å². The molecule has 0 aromatic heterocycles. The van der Waals surface area contributed by atoms with Crippen molar-refractivity contribution in [2.75, 3.05) is 0 Å². The number of halogens is 3. The molecule has 0 bridgehead atoms. The zero-order valence-electron chi connectivity index (χ0n) is 3.81. The van der Waals surface area contributed by atoms with Crippen LogP contribution in [0.25, 0.3) is 0 Å². The van der Waals surface area contributed by atoms with E-state index in [0.717, 1.165) is 0 Å². The molecule has 0 saturated carbocycles. The highest BCUT2D eigenvalue weighted by Crippen LogP contribution is 2.13. The number of hydrogen-bond donors (Lipinski definition) is 1. The van der Waals surface area contributed by atoms with Gasteiger partial charge in [0.2, 0.25) is 0 Å². The van der Waals surface area contributed by atoms with Crippen LogP contribution in [-0.2, 0) is 17.3 Å². The van der Waals surface area contributed by atoms with Crippen LogP contribution in [0.1, 0.15) is 0 Å². The molecule has 0 rings (SSSR count). The van der Waals surface area contributed by atoms with Crippen LogP contribution in [0.2, 0.25) is 0 Å². The van der Waals surface area contributed by atoms with Gasteiger partial charge in [-0.25, -0.2) is 4.79 Å². The average Bonchev–Trinajstić information content (AvgIpc) is 1.69.